The minimum atomic E-state index is 0.198. The van der Waals surface area contributed by atoms with Gasteiger partial charge in [-0.2, -0.15) is 0 Å². The third kappa shape index (κ3) is 4.05. The number of benzene rings is 1. The van der Waals surface area contributed by atoms with E-state index in [0.29, 0.717) is 6.61 Å². The maximum absolute atomic E-state index is 6.04. The van der Waals surface area contributed by atoms with Crippen molar-refractivity contribution in [1.82, 2.24) is 4.98 Å². The number of aryl methyl sites for hydroxylation is 1. The first-order chi connectivity index (χ1) is 9.70. The Hall–Kier alpha value is -1.39. The van der Waals surface area contributed by atoms with Crippen LogP contribution in [-0.2, 0) is 12.8 Å². The zero-order chi connectivity index (χ0) is 14.4. The molecule has 0 saturated heterocycles. The van der Waals surface area contributed by atoms with Crippen LogP contribution in [0.15, 0.2) is 29.8 Å². The van der Waals surface area contributed by atoms with Crippen molar-refractivity contribution in [2.75, 3.05) is 6.61 Å². The average Bonchev–Trinajstić information content (AvgIpc) is 2.86. The van der Waals surface area contributed by atoms with Gasteiger partial charge < -0.3 is 10.5 Å². The Morgan fingerprint density at radius 1 is 1.35 bits per heavy atom. The molecule has 2 rings (SSSR count). The molecule has 0 spiro atoms. The molecule has 0 fully saturated rings. The zero-order valence-electron chi connectivity index (χ0n) is 12.1. The quantitative estimate of drug-likeness (QED) is 0.850. The first kappa shape index (κ1) is 15.0. The number of thiazole rings is 1. The predicted molar refractivity (Wildman–Crippen MR) is 84.5 cm³/mol. The van der Waals surface area contributed by atoms with Crippen molar-refractivity contribution in [3.05, 3.63) is 45.9 Å². The number of ether oxygens (including phenoxy) is 1. The summed E-state index contributed by atoms with van der Waals surface area (Å²) < 4.78 is 5.93. The highest BCUT2D eigenvalue weighted by Gasteiger charge is 2.08. The van der Waals surface area contributed by atoms with E-state index < -0.39 is 0 Å². The Morgan fingerprint density at radius 3 is 2.85 bits per heavy atom. The SMILES string of the molecule is CCC(N)Cc1ccccc1OCCc1scnc1C. The summed E-state index contributed by atoms with van der Waals surface area (Å²) in [6, 6.07) is 8.37. The lowest BCUT2D eigenvalue weighted by Crippen LogP contribution is -2.21. The molecule has 1 unspecified atom stereocenters. The summed E-state index contributed by atoms with van der Waals surface area (Å²) in [4.78, 5) is 5.56. The summed E-state index contributed by atoms with van der Waals surface area (Å²) in [6.45, 7) is 4.84. The van der Waals surface area contributed by atoms with Gasteiger partial charge >= 0.3 is 0 Å². The van der Waals surface area contributed by atoms with E-state index in [9.17, 15) is 0 Å². The minimum Gasteiger partial charge on any atom is -0.493 e. The van der Waals surface area contributed by atoms with E-state index in [4.69, 9.17) is 10.5 Å². The Bertz CT molecular complexity index is 539. The van der Waals surface area contributed by atoms with E-state index in [-0.39, 0.29) is 6.04 Å². The van der Waals surface area contributed by atoms with Crippen LogP contribution in [0.25, 0.3) is 0 Å². The molecule has 0 saturated carbocycles. The summed E-state index contributed by atoms with van der Waals surface area (Å²) in [5.74, 6) is 0.957. The van der Waals surface area contributed by atoms with Crippen LogP contribution in [-0.4, -0.2) is 17.6 Å². The number of rotatable bonds is 7. The van der Waals surface area contributed by atoms with Crippen LogP contribution in [0.2, 0.25) is 0 Å². The van der Waals surface area contributed by atoms with Gasteiger partial charge in [-0.05, 0) is 31.4 Å². The Labute approximate surface area is 124 Å². The van der Waals surface area contributed by atoms with Crippen molar-refractivity contribution in [2.45, 2.75) is 39.2 Å². The van der Waals surface area contributed by atoms with Crippen LogP contribution in [0.4, 0.5) is 0 Å². The topological polar surface area (TPSA) is 48.1 Å². The molecule has 1 aromatic carbocycles. The van der Waals surface area contributed by atoms with Crippen molar-refractivity contribution in [3.63, 3.8) is 0 Å². The van der Waals surface area contributed by atoms with Gasteiger partial charge in [-0.15, -0.1) is 11.3 Å². The summed E-state index contributed by atoms with van der Waals surface area (Å²) in [5, 5.41) is 0. The van der Waals surface area contributed by atoms with Gasteiger partial charge in [0, 0.05) is 17.3 Å². The number of hydrogen-bond donors (Lipinski definition) is 1. The van der Waals surface area contributed by atoms with Gasteiger partial charge in [0.15, 0.2) is 0 Å². The van der Waals surface area contributed by atoms with Crippen LogP contribution in [0.5, 0.6) is 5.75 Å². The van der Waals surface area contributed by atoms with Crippen molar-refractivity contribution >= 4 is 11.3 Å². The molecule has 0 bridgehead atoms. The standard InChI is InChI=1S/C16H22N2OS/c1-3-14(17)10-13-6-4-5-7-15(13)19-9-8-16-12(2)18-11-20-16/h4-7,11,14H,3,8-10,17H2,1-2H3. The highest BCUT2D eigenvalue weighted by molar-refractivity contribution is 7.09. The lowest BCUT2D eigenvalue weighted by Gasteiger charge is -2.14. The number of nitrogens with two attached hydrogens (primary N) is 1. The molecular weight excluding hydrogens is 268 g/mol. The molecule has 2 N–H and O–H groups in total. The molecular formula is C16H22N2OS. The van der Waals surface area contributed by atoms with Gasteiger partial charge in [-0.3, -0.25) is 0 Å². The highest BCUT2D eigenvalue weighted by Crippen LogP contribution is 2.21. The normalized spacial score (nSPS) is 12.3. The Kier molecular flexibility index (Phi) is 5.56. The Morgan fingerprint density at radius 2 is 2.15 bits per heavy atom. The first-order valence-corrected chi connectivity index (χ1v) is 7.94. The van der Waals surface area contributed by atoms with Crippen molar-refractivity contribution in [2.24, 2.45) is 5.73 Å². The first-order valence-electron chi connectivity index (χ1n) is 7.06. The van der Waals surface area contributed by atoms with E-state index in [0.717, 1.165) is 30.7 Å². The fraction of sp³-hybridized carbons (Fsp3) is 0.438. The minimum absolute atomic E-state index is 0.198. The van der Waals surface area contributed by atoms with Gasteiger partial charge in [-0.1, -0.05) is 25.1 Å². The molecule has 1 aromatic heterocycles. The monoisotopic (exact) mass is 290 g/mol. The highest BCUT2D eigenvalue weighted by atomic mass is 32.1. The molecule has 0 amide bonds. The van der Waals surface area contributed by atoms with Crippen LogP contribution in [0.3, 0.4) is 0 Å². The van der Waals surface area contributed by atoms with Gasteiger partial charge in [0.1, 0.15) is 5.75 Å². The average molecular weight is 290 g/mol. The number of para-hydroxylation sites is 1. The van der Waals surface area contributed by atoms with E-state index in [2.05, 4.69) is 18.0 Å². The lowest BCUT2D eigenvalue weighted by atomic mass is 10.0. The summed E-state index contributed by atoms with van der Waals surface area (Å²) in [7, 11) is 0. The van der Waals surface area contributed by atoms with Gasteiger partial charge in [0.05, 0.1) is 17.8 Å². The van der Waals surface area contributed by atoms with E-state index >= 15 is 0 Å². The van der Waals surface area contributed by atoms with Crippen LogP contribution in [0, 0.1) is 6.92 Å². The van der Waals surface area contributed by atoms with E-state index in [1.165, 1.54) is 10.4 Å². The van der Waals surface area contributed by atoms with Gasteiger partial charge in [-0.25, -0.2) is 4.98 Å². The lowest BCUT2D eigenvalue weighted by molar-refractivity contribution is 0.318. The smallest absolute Gasteiger partial charge is 0.122 e. The van der Waals surface area contributed by atoms with Crippen LogP contribution < -0.4 is 10.5 Å². The molecule has 108 valence electrons. The van der Waals surface area contributed by atoms with Gasteiger partial charge in [0.2, 0.25) is 0 Å². The van der Waals surface area contributed by atoms with Gasteiger partial charge in [0.25, 0.3) is 0 Å². The molecule has 20 heavy (non-hydrogen) atoms. The third-order valence-electron chi connectivity index (χ3n) is 3.41. The zero-order valence-corrected chi connectivity index (χ0v) is 13.0. The van der Waals surface area contributed by atoms with Crippen LogP contribution in [0.1, 0.15) is 29.5 Å². The summed E-state index contributed by atoms with van der Waals surface area (Å²) >= 11 is 1.69. The second-order valence-corrected chi connectivity index (χ2v) is 5.88. The maximum Gasteiger partial charge on any atom is 0.122 e. The fourth-order valence-corrected chi connectivity index (χ4v) is 2.82. The van der Waals surface area contributed by atoms with Crippen molar-refractivity contribution in [1.29, 1.82) is 0 Å². The molecule has 3 nitrogen and oxygen atoms in total. The molecule has 0 aliphatic rings. The molecule has 0 radical (unpaired) electrons. The van der Waals surface area contributed by atoms with E-state index in [1.807, 2.05) is 30.6 Å². The summed E-state index contributed by atoms with van der Waals surface area (Å²) in [6.07, 6.45) is 2.76. The second-order valence-electron chi connectivity index (χ2n) is 4.94. The van der Waals surface area contributed by atoms with Crippen molar-refractivity contribution < 1.29 is 4.74 Å². The molecule has 0 aliphatic carbocycles. The fourth-order valence-electron chi connectivity index (χ4n) is 2.06. The largest absolute Gasteiger partial charge is 0.493 e. The molecule has 4 heteroatoms. The number of hydrogen-bond acceptors (Lipinski definition) is 4. The van der Waals surface area contributed by atoms with Crippen LogP contribution >= 0.6 is 11.3 Å². The molecule has 1 atom stereocenters. The number of nitrogens with zero attached hydrogens (tertiary/aromatic N) is 1. The maximum atomic E-state index is 6.04. The third-order valence-corrected chi connectivity index (χ3v) is 4.41. The van der Waals surface area contributed by atoms with E-state index in [1.54, 1.807) is 11.3 Å². The number of aromatic nitrogens is 1. The second kappa shape index (κ2) is 7.41. The predicted octanol–water partition coefficient (Wildman–Crippen LogP) is 3.35. The summed E-state index contributed by atoms with van der Waals surface area (Å²) in [5.41, 5.74) is 10.2. The molecule has 0 aliphatic heterocycles. The molecule has 1 heterocycles. The molecule has 2 aromatic rings. The Balaban J connectivity index is 1.93. The van der Waals surface area contributed by atoms with Crippen molar-refractivity contribution in [3.8, 4) is 5.75 Å².